The van der Waals surface area contributed by atoms with Crippen molar-refractivity contribution in [2.45, 2.75) is 58.0 Å². The first kappa shape index (κ1) is 17.0. The molecule has 0 aromatic heterocycles. The number of hydrogen-bond donors (Lipinski definition) is 1. The molecule has 0 spiro atoms. The van der Waals surface area contributed by atoms with E-state index in [0.717, 1.165) is 18.4 Å². The summed E-state index contributed by atoms with van der Waals surface area (Å²) >= 11 is 0. The van der Waals surface area contributed by atoms with E-state index in [1.807, 2.05) is 23.1 Å². The summed E-state index contributed by atoms with van der Waals surface area (Å²) < 4.78 is 0. The Kier molecular flexibility index (Phi) is 5.22. The van der Waals surface area contributed by atoms with Gasteiger partial charge in [-0.3, -0.25) is 9.59 Å². The molecule has 2 aliphatic carbocycles. The molecule has 130 valence electrons. The minimum absolute atomic E-state index is 0.134. The van der Waals surface area contributed by atoms with E-state index < -0.39 is 5.97 Å². The largest absolute Gasteiger partial charge is 0.481 e. The van der Waals surface area contributed by atoms with Crippen LogP contribution >= 0.6 is 0 Å². The van der Waals surface area contributed by atoms with Gasteiger partial charge in [0.1, 0.15) is 0 Å². The molecule has 1 N–H and O–H groups in total. The molecule has 3 rings (SSSR count). The van der Waals surface area contributed by atoms with Crippen LogP contribution in [0, 0.1) is 17.8 Å². The molecule has 2 aliphatic rings. The molecule has 0 saturated heterocycles. The second kappa shape index (κ2) is 7.37. The van der Waals surface area contributed by atoms with Crippen LogP contribution < -0.4 is 0 Å². The SMILES string of the molecule is CC(C1CC1)N(Cc1ccccc1)C(=O)C1CCCC(C(=O)O)C1. The first-order chi connectivity index (χ1) is 11.6. The Morgan fingerprint density at radius 1 is 1.12 bits per heavy atom. The van der Waals surface area contributed by atoms with Crippen molar-refractivity contribution in [3.63, 3.8) is 0 Å². The number of benzene rings is 1. The number of carbonyl (C=O) groups is 2. The predicted molar refractivity (Wildman–Crippen MR) is 92.3 cm³/mol. The quantitative estimate of drug-likeness (QED) is 0.865. The fourth-order valence-electron chi connectivity index (χ4n) is 3.91. The van der Waals surface area contributed by atoms with Crippen LogP contribution in [-0.4, -0.2) is 27.9 Å². The molecule has 24 heavy (non-hydrogen) atoms. The number of nitrogens with zero attached hydrogens (tertiary/aromatic N) is 1. The first-order valence-corrected chi connectivity index (χ1v) is 9.13. The lowest BCUT2D eigenvalue weighted by Crippen LogP contribution is -2.44. The lowest BCUT2D eigenvalue weighted by Gasteiger charge is -2.35. The van der Waals surface area contributed by atoms with E-state index >= 15 is 0 Å². The average Bonchev–Trinajstić information content (AvgIpc) is 3.44. The smallest absolute Gasteiger partial charge is 0.306 e. The maximum absolute atomic E-state index is 13.2. The average molecular weight is 329 g/mol. The molecule has 2 fully saturated rings. The lowest BCUT2D eigenvalue weighted by atomic mass is 9.80. The van der Waals surface area contributed by atoms with E-state index in [1.54, 1.807) is 0 Å². The Morgan fingerprint density at radius 3 is 2.42 bits per heavy atom. The van der Waals surface area contributed by atoms with Crippen LogP contribution in [0.3, 0.4) is 0 Å². The fourth-order valence-corrected chi connectivity index (χ4v) is 3.91. The topological polar surface area (TPSA) is 57.6 Å². The molecule has 1 amide bonds. The Labute approximate surface area is 143 Å². The van der Waals surface area contributed by atoms with Crippen molar-refractivity contribution < 1.29 is 14.7 Å². The number of carbonyl (C=O) groups excluding carboxylic acids is 1. The zero-order chi connectivity index (χ0) is 17.1. The maximum atomic E-state index is 13.2. The summed E-state index contributed by atoms with van der Waals surface area (Å²) in [6.07, 6.45) is 5.26. The molecule has 0 bridgehead atoms. The fraction of sp³-hybridized carbons (Fsp3) is 0.600. The van der Waals surface area contributed by atoms with Crippen molar-refractivity contribution in [3.8, 4) is 0 Å². The van der Waals surface area contributed by atoms with Gasteiger partial charge in [0.15, 0.2) is 0 Å². The highest BCUT2D eigenvalue weighted by Crippen LogP contribution is 2.38. The minimum Gasteiger partial charge on any atom is -0.481 e. The van der Waals surface area contributed by atoms with Crippen LogP contribution in [0.5, 0.6) is 0 Å². The van der Waals surface area contributed by atoms with E-state index in [0.29, 0.717) is 25.3 Å². The summed E-state index contributed by atoms with van der Waals surface area (Å²) in [4.78, 5) is 26.5. The summed E-state index contributed by atoms with van der Waals surface area (Å²) in [7, 11) is 0. The molecule has 0 radical (unpaired) electrons. The Morgan fingerprint density at radius 2 is 1.79 bits per heavy atom. The normalized spacial score (nSPS) is 25.0. The third-order valence-corrected chi connectivity index (χ3v) is 5.65. The van der Waals surface area contributed by atoms with Gasteiger partial charge in [-0.05, 0) is 50.5 Å². The first-order valence-electron chi connectivity index (χ1n) is 9.13. The van der Waals surface area contributed by atoms with Gasteiger partial charge in [-0.15, -0.1) is 0 Å². The second-order valence-electron chi connectivity index (χ2n) is 7.43. The summed E-state index contributed by atoms with van der Waals surface area (Å²) in [6, 6.07) is 10.3. The van der Waals surface area contributed by atoms with Crippen LogP contribution in [0.15, 0.2) is 30.3 Å². The van der Waals surface area contributed by atoms with Gasteiger partial charge in [-0.25, -0.2) is 0 Å². The van der Waals surface area contributed by atoms with Gasteiger partial charge in [0.25, 0.3) is 0 Å². The summed E-state index contributed by atoms with van der Waals surface area (Å²) in [6.45, 7) is 2.78. The van der Waals surface area contributed by atoms with E-state index in [4.69, 9.17) is 0 Å². The Hall–Kier alpha value is -1.84. The molecule has 4 heteroatoms. The molecule has 0 aliphatic heterocycles. The van der Waals surface area contributed by atoms with Gasteiger partial charge in [0.2, 0.25) is 5.91 Å². The third kappa shape index (κ3) is 3.97. The summed E-state index contributed by atoms with van der Waals surface area (Å²) in [5.41, 5.74) is 1.14. The third-order valence-electron chi connectivity index (χ3n) is 5.65. The highest BCUT2D eigenvalue weighted by molar-refractivity contribution is 5.80. The van der Waals surface area contributed by atoms with Crippen molar-refractivity contribution in [1.82, 2.24) is 4.90 Å². The Balaban J connectivity index is 1.74. The highest BCUT2D eigenvalue weighted by Gasteiger charge is 2.38. The zero-order valence-electron chi connectivity index (χ0n) is 14.4. The Bertz CT molecular complexity index is 582. The highest BCUT2D eigenvalue weighted by atomic mass is 16.4. The standard InChI is InChI=1S/C20H27NO3/c1-14(16-10-11-16)21(13-15-6-3-2-4-7-15)19(22)17-8-5-9-18(12-17)20(23)24/h2-4,6-7,14,16-18H,5,8-13H2,1H3,(H,23,24). The molecule has 1 aromatic carbocycles. The number of carboxylic acids is 1. The monoisotopic (exact) mass is 329 g/mol. The molecule has 3 unspecified atom stereocenters. The minimum atomic E-state index is -0.752. The van der Waals surface area contributed by atoms with Gasteiger partial charge in [-0.1, -0.05) is 36.8 Å². The molecule has 1 aromatic rings. The number of rotatable bonds is 6. The lowest BCUT2D eigenvalue weighted by molar-refractivity contribution is -0.146. The van der Waals surface area contributed by atoms with Crippen LogP contribution in [-0.2, 0) is 16.1 Å². The molecule has 0 heterocycles. The second-order valence-corrected chi connectivity index (χ2v) is 7.43. The van der Waals surface area contributed by atoms with Crippen molar-refractivity contribution >= 4 is 11.9 Å². The van der Waals surface area contributed by atoms with Crippen molar-refractivity contribution in [3.05, 3.63) is 35.9 Å². The molecule has 4 nitrogen and oxygen atoms in total. The molecular weight excluding hydrogens is 302 g/mol. The van der Waals surface area contributed by atoms with E-state index in [-0.39, 0.29) is 23.8 Å². The van der Waals surface area contributed by atoms with Crippen LogP contribution in [0.25, 0.3) is 0 Å². The van der Waals surface area contributed by atoms with Gasteiger partial charge in [-0.2, -0.15) is 0 Å². The van der Waals surface area contributed by atoms with Crippen LogP contribution in [0.4, 0.5) is 0 Å². The maximum Gasteiger partial charge on any atom is 0.306 e. The van der Waals surface area contributed by atoms with E-state index in [9.17, 15) is 14.7 Å². The van der Waals surface area contributed by atoms with Crippen molar-refractivity contribution in [1.29, 1.82) is 0 Å². The predicted octanol–water partition coefficient (Wildman–Crippen LogP) is 3.70. The van der Waals surface area contributed by atoms with Gasteiger partial charge in [0, 0.05) is 18.5 Å². The molecule has 2 saturated carbocycles. The van der Waals surface area contributed by atoms with Gasteiger partial charge in [0.05, 0.1) is 5.92 Å². The van der Waals surface area contributed by atoms with Gasteiger partial charge >= 0.3 is 5.97 Å². The molecule has 3 atom stereocenters. The number of aliphatic carboxylic acids is 1. The number of carboxylic acid groups (broad SMARTS) is 1. The summed E-state index contributed by atoms with van der Waals surface area (Å²) in [5, 5.41) is 9.29. The number of amides is 1. The van der Waals surface area contributed by atoms with Crippen molar-refractivity contribution in [2.75, 3.05) is 0 Å². The van der Waals surface area contributed by atoms with E-state index in [1.165, 1.54) is 12.8 Å². The molecular formula is C20H27NO3. The van der Waals surface area contributed by atoms with Gasteiger partial charge < -0.3 is 10.0 Å². The van der Waals surface area contributed by atoms with E-state index in [2.05, 4.69) is 19.1 Å². The zero-order valence-corrected chi connectivity index (χ0v) is 14.4. The van der Waals surface area contributed by atoms with Crippen molar-refractivity contribution in [2.24, 2.45) is 17.8 Å². The number of hydrogen-bond acceptors (Lipinski definition) is 2. The van der Waals surface area contributed by atoms with Crippen LogP contribution in [0.2, 0.25) is 0 Å². The van der Waals surface area contributed by atoms with Crippen LogP contribution in [0.1, 0.15) is 51.0 Å². The summed E-state index contributed by atoms with van der Waals surface area (Å²) in [5.74, 6) is -0.481.